The topological polar surface area (TPSA) is 63.2 Å². The Morgan fingerprint density at radius 3 is 2.25 bits per heavy atom. The zero-order chi connectivity index (χ0) is 10.1. The molecule has 0 heterocycles. The summed E-state index contributed by atoms with van der Waals surface area (Å²) in [5.74, 6) is -1.91. The molecule has 5 heteroatoms. The van der Waals surface area contributed by atoms with E-state index in [2.05, 4.69) is 0 Å². The Hall–Kier alpha value is 1.24. The van der Waals surface area contributed by atoms with Gasteiger partial charge in [0.15, 0.2) is 0 Å². The van der Waals surface area contributed by atoms with Gasteiger partial charge in [0, 0.05) is 0 Å². The van der Waals surface area contributed by atoms with E-state index in [4.69, 9.17) is 0 Å². The normalized spacial score (nSPS) is 9.00. The summed E-state index contributed by atoms with van der Waals surface area (Å²) in [7, 11) is 0. The average Bonchev–Trinajstić information content (AvgIpc) is 2.18. The number of carbonyl (C=O) groups is 1. The Morgan fingerprint density at radius 2 is 1.62 bits per heavy atom. The molecule has 0 aliphatic heterocycles. The number of carboxylic acid groups (broad SMARTS) is 1. The van der Waals surface area contributed by atoms with Crippen molar-refractivity contribution in [1.82, 2.24) is 0 Å². The van der Waals surface area contributed by atoms with Gasteiger partial charge in [-0.05, 0) is 16.3 Å². The first-order chi connectivity index (χ1) is 6.70. The molecule has 3 nitrogen and oxygen atoms in total. The van der Waals surface area contributed by atoms with Crippen LogP contribution in [0.2, 0.25) is 0 Å². The predicted molar refractivity (Wildman–Crippen MR) is 47.7 cm³/mol. The minimum absolute atomic E-state index is 0. The van der Waals surface area contributed by atoms with Crippen LogP contribution in [0.4, 0.5) is 0 Å². The third kappa shape index (κ3) is 3.62. The second-order valence-corrected chi connectivity index (χ2v) is 2.95. The molecule has 0 atom stereocenters. The Balaban J connectivity index is 0.00000112. The van der Waals surface area contributed by atoms with Crippen molar-refractivity contribution in [2.24, 2.45) is 0 Å². The van der Waals surface area contributed by atoms with Gasteiger partial charge in [0.1, 0.15) is 0 Å². The number of aromatic carboxylic acids is 1. The Labute approximate surface area is 178 Å². The molecule has 0 saturated heterocycles. The van der Waals surface area contributed by atoms with Crippen molar-refractivity contribution in [1.29, 1.82) is 0 Å². The fraction of sp³-hybridized carbons (Fsp3) is 0. The molecule has 70 valence electrons. The smallest absolute Gasteiger partial charge is 0.872 e. The van der Waals surface area contributed by atoms with E-state index in [0.29, 0.717) is 5.39 Å². The van der Waals surface area contributed by atoms with Crippen molar-refractivity contribution >= 4 is 16.7 Å². The number of benzene rings is 2. The molecule has 0 spiro atoms. The van der Waals surface area contributed by atoms with Crippen molar-refractivity contribution in [3.63, 3.8) is 0 Å². The van der Waals surface area contributed by atoms with E-state index in [1.807, 2.05) is 0 Å². The minimum Gasteiger partial charge on any atom is -0.872 e. The van der Waals surface area contributed by atoms with E-state index >= 15 is 0 Å². The monoisotopic (exact) mass is 264 g/mol. The number of fused-ring (bicyclic) bond motifs is 1. The van der Waals surface area contributed by atoms with Crippen LogP contribution in [0.3, 0.4) is 0 Å². The first-order valence-electron chi connectivity index (χ1n) is 4.10. The Kier molecular flexibility index (Phi) is 8.22. The molecule has 0 aliphatic rings. The summed E-state index contributed by atoms with van der Waals surface area (Å²) in [5.41, 5.74) is -0.288. The molecule has 0 N–H and O–H groups in total. The van der Waals surface area contributed by atoms with E-state index < -0.39 is 11.7 Å². The SMILES string of the molecule is O=C([O-])c1ccc2ccccc2c1[O-].[K+].[K+]. The summed E-state index contributed by atoms with van der Waals surface area (Å²) >= 11 is 0. The van der Waals surface area contributed by atoms with E-state index in [1.54, 1.807) is 30.3 Å². The van der Waals surface area contributed by atoms with Crippen LogP contribution >= 0.6 is 0 Å². The molecule has 0 amide bonds. The van der Waals surface area contributed by atoms with Crippen LogP contribution in [0.15, 0.2) is 36.4 Å². The summed E-state index contributed by atoms with van der Waals surface area (Å²) in [6.07, 6.45) is 0. The van der Waals surface area contributed by atoms with Crippen LogP contribution in [0.25, 0.3) is 10.8 Å². The fourth-order valence-corrected chi connectivity index (χ4v) is 1.40. The fourth-order valence-electron chi connectivity index (χ4n) is 1.40. The second kappa shape index (κ2) is 7.63. The maximum atomic E-state index is 11.5. The van der Waals surface area contributed by atoms with Gasteiger partial charge in [0.25, 0.3) is 0 Å². The van der Waals surface area contributed by atoms with Gasteiger partial charge in [-0.15, -0.1) is 0 Å². The average molecular weight is 264 g/mol. The van der Waals surface area contributed by atoms with Crippen LogP contribution in [-0.2, 0) is 0 Å². The molecule has 2 rings (SSSR count). The molecular formula is C11H6K2O3. The number of hydrogen-bond acceptors (Lipinski definition) is 3. The Morgan fingerprint density at radius 1 is 1.00 bits per heavy atom. The molecule has 16 heavy (non-hydrogen) atoms. The van der Waals surface area contributed by atoms with Crippen LogP contribution in [-0.4, -0.2) is 5.97 Å². The molecule has 0 fully saturated rings. The standard InChI is InChI=1S/C11H8O3.2K/c12-10-8-4-2-1-3-7(8)5-6-9(10)11(13)14;;/h1-6,12H,(H,13,14);;/q;2*+1/p-2. The quantitative estimate of drug-likeness (QED) is 0.482. The summed E-state index contributed by atoms with van der Waals surface area (Å²) < 4.78 is 0. The zero-order valence-corrected chi connectivity index (χ0v) is 15.4. The van der Waals surface area contributed by atoms with Gasteiger partial charge in [0.05, 0.1) is 5.97 Å². The molecule has 0 aromatic heterocycles. The summed E-state index contributed by atoms with van der Waals surface area (Å²) in [4.78, 5) is 10.6. The first kappa shape index (κ1) is 17.2. The summed E-state index contributed by atoms with van der Waals surface area (Å²) in [6, 6.07) is 9.73. The number of carboxylic acids is 1. The van der Waals surface area contributed by atoms with E-state index in [0.717, 1.165) is 5.39 Å². The maximum Gasteiger partial charge on any atom is 1.00 e. The van der Waals surface area contributed by atoms with Gasteiger partial charge in [-0.3, -0.25) is 0 Å². The van der Waals surface area contributed by atoms with E-state index in [1.165, 1.54) is 6.07 Å². The van der Waals surface area contributed by atoms with Crippen molar-refractivity contribution in [3.8, 4) is 5.75 Å². The number of rotatable bonds is 1. The van der Waals surface area contributed by atoms with Crippen molar-refractivity contribution in [2.45, 2.75) is 0 Å². The van der Waals surface area contributed by atoms with Crippen LogP contribution < -0.4 is 113 Å². The molecule has 2 aromatic carbocycles. The largest absolute Gasteiger partial charge is 1.00 e. The Bertz CT molecular complexity index is 512. The molecule has 0 bridgehead atoms. The van der Waals surface area contributed by atoms with Crippen molar-refractivity contribution in [2.75, 3.05) is 0 Å². The number of hydrogen-bond donors (Lipinski definition) is 0. The third-order valence-electron chi connectivity index (χ3n) is 2.10. The van der Waals surface area contributed by atoms with Gasteiger partial charge in [-0.25, -0.2) is 0 Å². The van der Waals surface area contributed by atoms with E-state index in [9.17, 15) is 15.0 Å². The molecule has 2 aromatic rings. The van der Waals surface area contributed by atoms with Gasteiger partial charge in [-0.1, -0.05) is 42.1 Å². The van der Waals surface area contributed by atoms with Gasteiger partial charge < -0.3 is 15.0 Å². The van der Waals surface area contributed by atoms with Crippen molar-refractivity contribution < 1.29 is 118 Å². The molecule has 0 radical (unpaired) electrons. The van der Waals surface area contributed by atoms with Crippen LogP contribution in [0.1, 0.15) is 10.4 Å². The van der Waals surface area contributed by atoms with Crippen LogP contribution in [0, 0.1) is 0 Å². The van der Waals surface area contributed by atoms with Crippen molar-refractivity contribution in [3.05, 3.63) is 42.0 Å². The first-order valence-corrected chi connectivity index (χ1v) is 4.10. The zero-order valence-electron chi connectivity index (χ0n) is 9.19. The molecular weight excluding hydrogens is 258 g/mol. The number of carbonyl (C=O) groups excluding carboxylic acids is 1. The predicted octanol–water partition coefficient (Wildman–Crippen LogP) is -5.72. The molecule has 0 aliphatic carbocycles. The summed E-state index contributed by atoms with van der Waals surface area (Å²) in [5, 5.41) is 23.3. The van der Waals surface area contributed by atoms with Gasteiger partial charge >= 0.3 is 103 Å². The molecule has 0 unspecified atom stereocenters. The van der Waals surface area contributed by atoms with E-state index in [-0.39, 0.29) is 108 Å². The van der Waals surface area contributed by atoms with Crippen LogP contribution in [0.5, 0.6) is 5.75 Å². The maximum absolute atomic E-state index is 11.5. The van der Waals surface area contributed by atoms with Gasteiger partial charge in [-0.2, -0.15) is 0 Å². The minimum atomic E-state index is -1.43. The molecule has 0 saturated carbocycles. The third-order valence-corrected chi connectivity index (χ3v) is 2.10. The van der Waals surface area contributed by atoms with Gasteiger partial charge in [0.2, 0.25) is 0 Å². The summed E-state index contributed by atoms with van der Waals surface area (Å²) in [6.45, 7) is 0. The second-order valence-electron chi connectivity index (χ2n) is 2.95.